The molecule has 0 radical (unpaired) electrons. The first-order valence-corrected chi connectivity index (χ1v) is 10.3. The lowest BCUT2D eigenvalue weighted by Crippen LogP contribution is -2.48. The minimum atomic E-state index is -0.611. The molecular weight excluding hydrogens is 409 g/mol. The number of guanidine groups is 1. The zero-order chi connectivity index (χ0) is 22.5. The number of carbonyl (C=O) groups excluding carboxylic acids is 1. The maximum Gasteiger partial charge on any atom is 0.337 e. The van der Waals surface area contributed by atoms with Crippen molar-refractivity contribution in [2.24, 2.45) is 4.99 Å². The van der Waals surface area contributed by atoms with Gasteiger partial charge in [0.1, 0.15) is 18.1 Å². The number of ether oxygens (including phenoxy) is 1. The molecule has 0 fully saturated rings. The third-order valence-corrected chi connectivity index (χ3v) is 5.35. The molecule has 1 atom stereocenters. The summed E-state index contributed by atoms with van der Waals surface area (Å²) in [7, 11) is 1.34. The summed E-state index contributed by atoms with van der Waals surface area (Å²) in [4.78, 5) is 19.5. The zero-order valence-electron chi connectivity index (χ0n) is 17.9. The van der Waals surface area contributed by atoms with Crippen molar-refractivity contribution in [3.8, 4) is 0 Å². The summed E-state index contributed by atoms with van der Waals surface area (Å²) in [6, 6.07) is 19.1. The standard InChI is InChI=1S/C25H24FN3O3/c1-17-22(24(30)31-2)23(19-10-6-11-20(26)14-19)28-25(27-15-21-12-7-13-32-21)29(17)16-18-8-4-3-5-9-18/h3-14,23H,15-16H2,1-2H3,(H,27,28)/t23-/m0/s1. The molecule has 0 bridgehead atoms. The molecule has 0 saturated carbocycles. The number of hydrogen-bond acceptors (Lipinski definition) is 4. The van der Waals surface area contributed by atoms with Crippen LogP contribution in [0.4, 0.5) is 4.39 Å². The number of rotatable bonds is 6. The van der Waals surface area contributed by atoms with Gasteiger partial charge in [-0.2, -0.15) is 0 Å². The second-order valence-electron chi connectivity index (χ2n) is 7.41. The summed E-state index contributed by atoms with van der Waals surface area (Å²) in [6.45, 7) is 2.66. The highest BCUT2D eigenvalue weighted by Gasteiger charge is 2.35. The third-order valence-electron chi connectivity index (χ3n) is 5.35. The minimum absolute atomic E-state index is 0.317. The second-order valence-corrected chi connectivity index (χ2v) is 7.41. The Morgan fingerprint density at radius 1 is 1.16 bits per heavy atom. The second kappa shape index (κ2) is 9.51. The Morgan fingerprint density at radius 3 is 2.66 bits per heavy atom. The molecule has 0 unspecified atom stereocenters. The third kappa shape index (κ3) is 4.56. The summed E-state index contributed by atoms with van der Waals surface area (Å²) >= 11 is 0. The lowest BCUT2D eigenvalue weighted by molar-refractivity contribution is -0.136. The first-order chi connectivity index (χ1) is 15.6. The van der Waals surface area contributed by atoms with Crippen molar-refractivity contribution in [1.29, 1.82) is 0 Å². The average Bonchev–Trinajstić information content (AvgIpc) is 3.33. The fourth-order valence-electron chi connectivity index (χ4n) is 3.75. The highest BCUT2D eigenvalue weighted by Crippen LogP contribution is 2.32. The lowest BCUT2D eigenvalue weighted by atomic mass is 9.94. The Balaban J connectivity index is 1.80. The van der Waals surface area contributed by atoms with Gasteiger partial charge in [-0.1, -0.05) is 42.5 Å². The molecule has 0 saturated heterocycles. The molecule has 1 N–H and O–H groups in total. The van der Waals surface area contributed by atoms with Gasteiger partial charge in [0.25, 0.3) is 0 Å². The normalized spacial score (nSPS) is 17.4. The van der Waals surface area contributed by atoms with Crippen molar-refractivity contribution in [2.75, 3.05) is 7.11 Å². The van der Waals surface area contributed by atoms with Crippen molar-refractivity contribution < 1.29 is 18.3 Å². The molecule has 6 nitrogen and oxygen atoms in total. The van der Waals surface area contributed by atoms with Gasteiger partial charge in [-0.15, -0.1) is 0 Å². The van der Waals surface area contributed by atoms with Crippen molar-refractivity contribution in [2.45, 2.75) is 26.1 Å². The van der Waals surface area contributed by atoms with E-state index >= 15 is 0 Å². The zero-order valence-corrected chi connectivity index (χ0v) is 17.9. The number of allylic oxidation sites excluding steroid dienone is 1. The highest BCUT2D eigenvalue weighted by molar-refractivity contribution is 5.96. The van der Waals surface area contributed by atoms with E-state index in [1.54, 1.807) is 18.4 Å². The summed E-state index contributed by atoms with van der Waals surface area (Å²) in [5.41, 5.74) is 2.75. The molecule has 32 heavy (non-hydrogen) atoms. The van der Waals surface area contributed by atoms with Crippen LogP contribution in [0.3, 0.4) is 0 Å². The molecule has 1 aliphatic heterocycles. The van der Waals surface area contributed by atoms with Gasteiger partial charge in [0.05, 0.1) is 31.5 Å². The quantitative estimate of drug-likeness (QED) is 0.577. The minimum Gasteiger partial charge on any atom is -0.467 e. The predicted molar refractivity (Wildman–Crippen MR) is 119 cm³/mol. The van der Waals surface area contributed by atoms with Crippen LogP contribution in [-0.4, -0.2) is 23.9 Å². The van der Waals surface area contributed by atoms with Crippen LogP contribution < -0.4 is 5.32 Å². The summed E-state index contributed by atoms with van der Waals surface area (Å²) in [5, 5.41) is 3.33. The van der Waals surface area contributed by atoms with Gasteiger partial charge in [0.2, 0.25) is 0 Å². The van der Waals surface area contributed by atoms with E-state index in [0.29, 0.717) is 41.6 Å². The Morgan fingerprint density at radius 2 is 1.97 bits per heavy atom. The van der Waals surface area contributed by atoms with Crippen LogP contribution >= 0.6 is 0 Å². The molecule has 0 spiro atoms. The number of nitrogens with one attached hydrogen (secondary N) is 1. The lowest BCUT2D eigenvalue weighted by Gasteiger charge is -2.38. The number of aliphatic imine (C=N–C) groups is 1. The van der Waals surface area contributed by atoms with Gasteiger partial charge in [-0.25, -0.2) is 14.2 Å². The van der Waals surface area contributed by atoms with E-state index in [-0.39, 0.29) is 5.82 Å². The van der Waals surface area contributed by atoms with Crippen molar-refractivity contribution in [3.05, 3.63) is 107 Å². The molecule has 3 aromatic rings. The number of esters is 1. The van der Waals surface area contributed by atoms with E-state index < -0.39 is 12.0 Å². The maximum absolute atomic E-state index is 14.0. The number of hydrogen-bond donors (Lipinski definition) is 1. The van der Waals surface area contributed by atoms with Crippen LogP contribution in [0.25, 0.3) is 0 Å². The highest BCUT2D eigenvalue weighted by atomic mass is 19.1. The molecule has 4 rings (SSSR count). The van der Waals surface area contributed by atoms with Crippen LogP contribution in [0, 0.1) is 5.82 Å². The fourth-order valence-corrected chi connectivity index (χ4v) is 3.75. The van der Waals surface area contributed by atoms with E-state index in [9.17, 15) is 9.18 Å². The largest absolute Gasteiger partial charge is 0.467 e. The number of benzene rings is 2. The van der Waals surface area contributed by atoms with Gasteiger partial charge in [-0.3, -0.25) is 0 Å². The Hall–Kier alpha value is -3.87. The fraction of sp³-hybridized carbons (Fsp3) is 0.200. The molecule has 7 heteroatoms. The molecule has 0 aliphatic carbocycles. The topological polar surface area (TPSA) is 67.1 Å². The number of methoxy groups -OCH3 is 1. The Labute approximate surface area is 186 Å². The van der Waals surface area contributed by atoms with Crippen LogP contribution in [0.15, 0.2) is 93.7 Å². The first-order valence-electron chi connectivity index (χ1n) is 10.3. The maximum atomic E-state index is 14.0. The molecule has 1 aliphatic rings. The molecule has 164 valence electrons. The van der Waals surface area contributed by atoms with Gasteiger partial charge >= 0.3 is 5.97 Å². The van der Waals surface area contributed by atoms with Crippen molar-refractivity contribution in [3.63, 3.8) is 0 Å². The average molecular weight is 433 g/mol. The van der Waals surface area contributed by atoms with E-state index in [1.807, 2.05) is 54.3 Å². The molecule has 2 aromatic carbocycles. The van der Waals surface area contributed by atoms with Crippen LogP contribution in [0.1, 0.15) is 29.9 Å². The summed E-state index contributed by atoms with van der Waals surface area (Å²) in [5.74, 6) is 0.408. The summed E-state index contributed by atoms with van der Waals surface area (Å²) in [6.07, 6.45) is 1.60. The monoisotopic (exact) mass is 433 g/mol. The molecule has 1 aromatic heterocycles. The van der Waals surface area contributed by atoms with E-state index in [4.69, 9.17) is 14.1 Å². The number of nitrogens with zero attached hydrogens (tertiary/aromatic N) is 2. The van der Waals surface area contributed by atoms with Crippen LogP contribution in [0.5, 0.6) is 0 Å². The predicted octanol–water partition coefficient (Wildman–Crippen LogP) is 4.57. The van der Waals surface area contributed by atoms with Gasteiger partial charge < -0.3 is 19.4 Å². The van der Waals surface area contributed by atoms with Crippen LogP contribution in [-0.2, 0) is 22.6 Å². The smallest absolute Gasteiger partial charge is 0.337 e. The molecule has 0 amide bonds. The summed E-state index contributed by atoms with van der Waals surface area (Å²) < 4.78 is 24.5. The van der Waals surface area contributed by atoms with E-state index in [1.165, 1.54) is 19.2 Å². The van der Waals surface area contributed by atoms with Gasteiger partial charge in [-0.05, 0) is 42.3 Å². The van der Waals surface area contributed by atoms with Crippen molar-refractivity contribution >= 4 is 11.9 Å². The number of halogens is 1. The van der Waals surface area contributed by atoms with Gasteiger partial charge in [0, 0.05) is 5.70 Å². The van der Waals surface area contributed by atoms with Gasteiger partial charge in [0.15, 0.2) is 5.96 Å². The SMILES string of the molecule is COC(=O)C1=C(C)N(Cc2ccccc2)C(=NCc2ccco2)N[C@H]1c1cccc(F)c1. The number of furan rings is 1. The number of carbonyl (C=O) groups is 1. The Kier molecular flexibility index (Phi) is 6.35. The van der Waals surface area contributed by atoms with E-state index in [2.05, 4.69) is 5.32 Å². The van der Waals surface area contributed by atoms with Crippen molar-refractivity contribution in [1.82, 2.24) is 10.2 Å². The molecule has 2 heterocycles. The van der Waals surface area contributed by atoms with E-state index in [0.717, 1.165) is 5.56 Å². The molecular formula is C25H24FN3O3. The first kappa shape index (κ1) is 21.4. The van der Waals surface area contributed by atoms with Crippen LogP contribution in [0.2, 0.25) is 0 Å². The Bertz CT molecular complexity index is 1140.